The van der Waals surface area contributed by atoms with Crippen molar-refractivity contribution in [2.45, 2.75) is 32.5 Å². The molecule has 4 heteroatoms. The number of anilines is 1. The number of hydrogen-bond acceptors (Lipinski definition) is 2. The van der Waals surface area contributed by atoms with Crippen LogP contribution in [0.1, 0.15) is 18.5 Å². The van der Waals surface area contributed by atoms with E-state index in [2.05, 4.69) is 36.1 Å². The van der Waals surface area contributed by atoms with E-state index >= 15 is 0 Å². The van der Waals surface area contributed by atoms with Gasteiger partial charge in [0.25, 0.3) is 0 Å². The molecular weight excluding hydrogens is 240 g/mol. The first kappa shape index (κ1) is 12.8. The van der Waals surface area contributed by atoms with E-state index < -0.39 is 8.07 Å². The first-order valence-corrected chi connectivity index (χ1v) is 9.75. The van der Waals surface area contributed by atoms with E-state index in [1.807, 2.05) is 12.1 Å². The maximum absolute atomic E-state index is 11.6. The van der Waals surface area contributed by atoms with Gasteiger partial charge in [0.15, 0.2) is 0 Å². The molecule has 0 aromatic carbocycles. The Labute approximate surface area is 109 Å². The smallest absolute Gasteiger partial charge is 0.227 e. The first-order chi connectivity index (χ1) is 8.46. The molecule has 0 N–H and O–H groups in total. The lowest BCUT2D eigenvalue weighted by Crippen LogP contribution is -2.23. The Morgan fingerprint density at radius 1 is 1.33 bits per heavy atom. The molecule has 0 unspecified atom stereocenters. The van der Waals surface area contributed by atoms with Gasteiger partial charge in [-0.2, -0.15) is 0 Å². The van der Waals surface area contributed by atoms with E-state index in [0.717, 1.165) is 24.3 Å². The molecule has 1 aliphatic heterocycles. The molecule has 0 atom stereocenters. The fourth-order valence-corrected chi connectivity index (χ4v) is 2.30. The summed E-state index contributed by atoms with van der Waals surface area (Å²) in [6.45, 7) is 7.42. The fourth-order valence-electron chi connectivity index (χ4n) is 1.79. The van der Waals surface area contributed by atoms with Crippen LogP contribution in [-0.2, 0) is 4.79 Å². The SMILES string of the molecule is C[Si](C)(C)C#Cc1ccc(N2CCCC2=O)cn1. The molecule has 2 heterocycles. The van der Waals surface area contributed by atoms with Crippen LogP contribution in [0.2, 0.25) is 19.6 Å². The molecule has 0 saturated carbocycles. The van der Waals surface area contributed by atoms with Crippen LogP contribution in [0, 0.1) is 11.5 Å². The summed E-state index contributed by atoms with van der Waals surface area (Å²) in [5, 5.41) is 0. The van der Waals surface area contributed by atoms with Crippen molar-refractivity contribution < 1.29 is 4.79 Å². The monoisotopic (exact) mass is 258 g/mol. The van der Waals surface area contributed by atoms with E-state index in [4.69, 9.17) is 0 Å². The van der Waals surface area contributed by atoms with Crippen LogP contribution in [0.3, 0.4) is 0 Å². The summed E-state index contributed by atoms with van der Waals surface area (Å²) in [4.78, 5) is 17.7. The molecule has 3 nitrogen and oxygen atoms in total. The quantitative estimate of drug-likeness (QED) is 0.572. The summed E-state index contributed by atoms with van der Waals surface area (Å²) >= 11 is 0. The zero-order valence-corrected chi connectivity index (χ0v) is 12.2. The van der Waals surface area contributed by atoms with Gasteiger partial charge in [-0.15, -0.1) is 5.54 Å². The molecule has 2 rings (SSSR count). The van der Waals surface area contributed by atoms with Gasteiger partial charge < -0.3 is 4.90 Å². The van der Waals surface area contributed by atoms with Crippen molar-refractivity contribution >= 4 is 19.7 Å². The second-order valence-electron chi connectivity index (χ2n) is 5.55. The minimum atomic E-state index is -1.36. The summed E-state index contributed by atoms with van der Waals surface area (Å²) in [7, 11) is -1.36. The Bertz CT molecular complexity index is 505. The van der Waals surface area contributed by atoms with Crippen LogP contribution >= 0.6 is 0 Å². The van der Waals surface area contributed by atoms with Crippen LogP contribution in [0.15, 0.2) is 18.3 Å². The number of pyridine rings is 1. The predicted octanol–water partition coefficient (Wildman–Crippen LogP) is 2.44. The highest BCUT2D eigenvalue weighted by atomic mass is 28.3. The third-order valence-electron chi connectivity index (χ3n) is 2.70. The predicted molar refractivity (Wildman–Crippen MR) is 76.0 cm³/mol. The van der Waals surface area contributed by atoms with Gasteiger partial charge in [0.1, 0.15) is 13.8 Å². The van der Waals surface area contributed by atoms with Crippen LogP contribution in [0.4, 0.5) is 5.69 Å². The second kappa shape index (κ2) is 4.95. The van der Waals surface area contributed by atoms with Gasteiger partial charge in [-0.3, -0.25) is 4.79 Å². The second-order valence-corrected chi connectivity index (χ2v) is 10.3. The third-order valence-corrected chi connectivity index (χ3v) is 3.57. The van der Waals surface area contributed by atoms with Gasteiger partial charge >= 0.3 is 0 Å². The Kier molecular flexibility index (Phi) is 3.53. The highest BCUT2D eigenvalue weighted by Gasteiger charge is 2.21. The summed E-state index contributed by atoms with van der Waals surface area (Å²) in [5.41, 5.74) is 4.95. The van der Waals surface area contributed by atoms with E-state index in [1.54, 1.807) is 11.1 Å². The molecule has 1 saturated heterocycles. The van der Waals surface area contributed by atoms with Gasteiger partial charge in [-0.1, -0.05) is 25.6 Å². The molecule has 1 amide bonds. The van der Waals surface area contributed by atoms with Crippen molar-refractivity contribution in [2.75, 3.05) is 11.4 Å². The van der Waals surface area contributed by atoms with Crippen LogP contribution in [-0.4, -0.2) is 25.5 Å². The molecule has 94 valence electrons. The average molecular weight is 258 g/mol. The van der Waals surface area contributed by atoms with E-state index in [9.17, 15) is 4.79 Å². The Morgan fingerprint density at radius 3 is 2.61 bits per heavy atom. The van der Waals surface area contributed by atoms with E-state index in [1.165, 1.54) is 0 Å². The lowest BCUT2D eigenvalue weighted by Gasteiger charge is -2.14. The largest absolute Gasteiger partial charge is 0.311 e. The molecule has 1 aromatic heterocycles. The number of rotatable bonds is 1. The normalized spacial score (nSPS) is 15.5. The molecule has 1 fully saturated rings. The van der Waals surface area contributed by atoms with Gasteiger partial charge in [0, 0.05) is 13.0 Å². The number of hydrogen-bond donors (Lipinski definition) is 0. The van der Waals surface area contributed by atoms with Crippen molar-refractivity contribution in [2.24, 2.45) is 0 Å². The van der Waals surface area contributed by atoms with Crippen molar-refractivity contribution in [1.82, 2.24) is 4.98 Å². The summed E-state index contributed by atoms with van der Waals surface area (Å²) in [6, 6.07) is 3.83. The number of nitrogens with zero attached hydrogens (tertiary/aromatic N) is 2. The topological polar surface area (TPSA) is 33.2 Å². The lowest BCUT2D eigenvalue weighted by molar-refractivity contribution is -0.117. The molecule has 0 aliphatic carbocycles. The minimum Gasteiger partial charge on any atom is -0.311 e. The maximum atomic E-state index is 11.6. The van der Waals surface area contributed by atoms with Gasteiger partial charge in [0.2, 0.25) is 5.91 Å². The Morgan fingerprint density at radius 2 is 2.11 bits per heavy atom. The van der Waals surface area contributed by atoms with Crippen LogP contribution in [0.25, 0.3) is 0 Å². The van der Waals surface area contributed by atoms with Crippen molar-refractivity contribution in [3.8, 4) is 11.5 Å². The molecule has 0 radical (unpaired) electrons. The molecule has 18 heavy (non-hydrogen) atoms. The van der Waals surface area contributed by atoms with E-state index in [0.29, 0.717) is 6.42 Å². The molecule has 1 aliphatic rings. The number of aromatic nitrogens is 1. The van der Waals surface area contributed by atoms with Crippen molar-refractivity contribution in [3.05, 3.63) is 24.0 Å². The third kappa shape index (κ3) is 3.20. The highest BCUT2D eigenvalue weighted by molar-refractivity contribution is 6.83. The first-order valence-electron chi connectivity index (χ1n) is 6.25. The van der Waals surface area contributed by atoms with Gasteiger partial charge in [-0.25, -0.2) is 4.98 Å². The standard InChI is InChI=1S/C14H18N2OSi/c1-18(2,3)10-8-12-6-7-13(11-15-12)16-9-4-5-14(16)17/h6-7,11H,4-5,9H2,1-3H3. The molecule has 0 spiro atoms. The summed E-state index contributed by atoms with van der Waals surface area (Å²) in [5.74, 6) is 3.30. The highest BCUT2D eigenvalue weighted by Crippen LogP contribution is 2.20. The summed E-state index contributed by atoms with van der Waals surface area (Å²) < 4.78 is 0. The van der Waals surface area contributed by atoms with Crippen molar-refractivity contribution in [3.63, 3.8) is 0 Å². The molecule has 0 bridgehead atoms. The zero-order valence-electron chi connectivity index (χ0n) is 11.2. The lowest BCUT2D eigenvalue weighted by atomic mass is 10.3. The van der Waals surface area contributed by atoms with Gasteiger partial charge in [-0.05, 0) is 18.6 Å². The molecule has 1 aromatic rings. The fraction of sp³-hybridized carbons (Fsp3) is 0.429. The van der Waals surface area contributed by atoms with Crippen molar-refractivity contribution in [1.29, 1.82) is 0 Å². The van der Waals surface area contributed by atoms with Gasteiger partial charge in [0.05, 0.1) is 11.9 Å². The van der Waals surface area contributed by atoms with Crippen LogP contribution < -0.4 is 4.90 Å². The van der Waals surface area contributed by atoms with E-state index in [-0.39, 0.29) is 5.91 Å². The summed E-state index contributed by atoms with van der Waals surface area (Å²) in [6.07, 6.45) is 3.34. The number of carbonyl (C=O) groups excluding carboxylic acids is 1. The number of carbonyl (C=O) groups is 1. The minimum absolute atomic E-state index is 0.192. The average Bonchev–Trinajstić information content (AvgIpc) is 2.73. The number of amides is 1. The molecular formula is C14H18N2OSi. The Balaban J connectivity index is 2.14. The van der Waals surface area contributed by atoms with Crippen LogP contribution in [0.5, 0.6) is 0 Å². The maximum Gasteiger partial charge on any atom is 0.227 e. The Hall–Kier alpha value is -1.60. The zero-order chi connectivity index (χ0) is 13.2.